The number of rotatable bonds is 13. The molecule has 9 heteroatoms. The maximum Gasteiger partial charge on any atom is 0.303 e. The van der Waals surface area contributed by atoms with E-state index in [1.165, 1.54) is 0 Å². The van der Waals surface area contributed by atoms with Crippen LogP contribution in [0.15, 0.2) is 54.6 Å². The number of carbonyl (C=O) groups is 1. The molecular weight excluding hydrogens is 461 g/mol. The van der Waals surface area contributed by atoms with Gasteiger partial charge in [-0.2, -0.15) is 0 Å². The van der Waals surface area contributed by atoms with E-state index in [0.29, 0.717) is 12.2 Å². The maximum atomic E-state index is 14.3. The van der Waals surface area contributed by atoms with Gasteiger partial charge in [0.05, 0.1) is 13.7 Å². The number of aliphatic carboxylic acids is 1. The Balaban J connectivity index is 2.33. The number of methoxy groups -OCH3 is 1. The monoisotopic (exact) mass is 495 g/mol. The molecule has 0 heterocycles. The van der Waals surface area contributed by atoms with E-state index < -0.39 is 35.2 Å². The van der Waals surface area contributed by atoms with E-state index in [2.05, 4.69) is 4.72 Å². The van der Waals surface area contributed by atoms with Crippen molar-refractivity contribution in [3.63, 3.8) is 0 Å². The predicted octanol–water partition coefficient (Wildman–Crippen LogP) is 4.98. The van der Waals surface area contributed by atoms with Crippen molar-refractivity contribution in [1.29, 1.82) is 0 Å². The second-order valence-electron chi connectivity index (χ2n) is 8.72. The minimum atomic E-state index is -3.49. The van der Waals surface area contributed by atoms with E-state index in [-0.39, 0.29) is 25.6 Å². The van der Waals surface area contributed by atoms with Crippen molar-refractivity contribution in [3.8, 4) is 5.75 Å². The standard InChI is InChI=1S/C24H34NO6PS/c1-24(2,3)33(29)25-22(14-15-23(26)27)32(28,31-18-19-10-6-5-7-11-19)17-16-20-12-8-9-13-21(20)30-4/h5-13,22,25H,14-18H2,1-4H3,(H,26,27). The molecule has 2 rings (SSSR count). The molecule has 0 aliphatic rings. The number of benzene rings is 2. The zero-order chi connectivity index (χ0) is 24.5. The molecule has 2 aromatic rings. The van der Waals surface area contributed by atoms with Crippen LogP contribution >= 0.6 is 7.37 Å². The Hall–Kier alpha value is -1.83. The number of para-hydroxylation sites is 1. The van der Waals surface area contributed by atoms with Gasteiger partial charge in [-0.15, -0.1) is 4.72 Å². The Bertz CT molecular complexity index is 934. The van der Waals surface area contributed by atoms with Crippen molar-refractivity contribution < 1.29 is 28.3 Å². The predicted molar refractivity (Wildman–Crippen MR) is 132 cm³/mol. The number of nitrogens with one attached hydrogen (secondary N) is 1. The molecule has 3 atom stereocenters. The topological polar surface area (TPSA) is 108 Å². The SMILES string of the molecule is COc1ccccc1CCP(=O)(OCc1ccccc1)C(CCC(=O)O)N[S+]([O-])C(C)(C)C. The first-order chi connectivity index (χ1) is 15.5. The Kier molecular flexibility index (Phi) is 10.5. The van der Waals surface area contributed by atoms with Gasteiger partial charge in [-0.3, -0.25) is 9.36 Å². The average Bonchev–Trinajstić information content (AvgIpc) is 2.79. The third-order valence-electron chi connectivity index (χ3n) is 5.08. The number of aryl methyl sites for hydroxylation is 1. The van der Waals surface area contributed by atoms with Gasteiger partial charge in [0, 0.05) is 23.9 Å². The van der Waals surface area contributed by atoms with Crippen molar-refractivity contribution in [2.45, 2.75) is 57.2 Å². The van der Waals surface area contributed by atoms with E-state index in [9.17, 15) is 19.0 Å². The summed E-state index contributed by atoms with van der Waals surface area (Å²) < 4.78 is 40.9. The number of hydrogen-bond acceptors (Lipinski definition) is 6. The van der Waals surface area contributed by atoms with Crippen LogP contribution in [0.3, 0.4) is 0 Å². The molecule has 0 bridgehead atoms. The zero-order valence-corrected chi connectivity index (χ0v) is 21.4. The number of ether oxygens (including phenoxy) is 1. The van der Waals surface area contributed by atoms with Gasteiger partial charge in [-0.05, 0) is 50.8 Å². The number of hydrogen-bond donors (Lipinski definition) is 2. The highest BCUT2D eigenvalue weighted by atomic mass is 32.2. The van der Waals surface area contributed by atoms with Crippen LogP contribution in [-0.2, 0) is 38.3 Å². The summed E-state index contributed by atoms with van der Waals surface area (Å²) in [4.78, 5) is 11.3. The second-order valence-corrected chi connectivity index (χ2v) is 13.5. The summed E-state index contributed by atoms with van der Waals surface area (Å²) in [6, 6.07) is 16.8. The number of carboxylic acids is 1. The molecule has 0 spiro atoms. The minimum absolute atomic E-state index is 0.0369. The van der Waals surface area contributed by atoms with Gasteiger partial charge < -0.3 is 18.9 Å². The smallest absolute Gasteiger partial charge is 0.303 e. The molecule has 0 radical (unpaired) electrons. The summed E-state index contributed by atoms with van der Waals surface area (Å²) in [6.07, 6.45) is 0.379. The molecule has 0 saturated carbocycles. The van der Waals surface area contributed by atoms with E-state index in [0.717, 1.165) is 11.1 Å². The fourth-order valence-electron chi connectivity index (χ4n) is 3.15. The molecule has 33 heavy (non-hydrogen) atoms. The van der Waals surface area contributed by atoms with Crippen LogP contribution < -0.4 is 9.46 Å². The van der Waals surface area contributed by atoms with E-state index in [4.69, 9.17) is 9.26 Å². The molecule has 2 aromatic carbocycles. The Morgan fingerprint density at radius 2 is 1.79 bits per heavy atom. The molecule has 0 saturated heterocycles. The highest BCUT2D eigenvalue weighted by Crippen LogP contribution is 2.54. The number of carboxylic acid groups (broad SMARTS) is 1. The van der Waals surface area contributed by atoms with Gasteiger partial charge in [0.25, 0.3) is 0 Å². The van der Waals surface area contributed by atoms with Gasteiger partial charge in [0.15, 0.2) is 0 Å². The molecule has 3 unspecified atom stereocenters. The van der Waals surface area contributed by atoms with E-state index >= 15 is 0 Å². The summed E-state index contributed by atoms with van der Waals surface area (Å²) in [5, 5.41) is 9.26. The first-order valence-electron chi connectivity index (χ1n) is 10.8. The fraction of sp³-hybridized carbons (Fsp3) is 0.458. The molecule has 7 nitrogen and oxygen atoms in total. The van der Waals surface area contributed by atoms with Gasteiger partial charge in [-0.25, -0.2) is 0 Å². The molecule has 2 N–H and O–H groups in total. The summed E-state index contributed by atoms with van der Waals surface area (Å²) in [6.45, 7) is 5.51. The van der Waals surface area contributed by atoms with Crippen LogP contribution in [0.4, 0.5) is 0 Å². The lowest BCUT2D eigenvalue weighted by molar-refractivity contribution is -0.137. The lowest BCUT2D eigenvalue weighted by Crippen LogP contribution is -2.45. The van der Waals surface area contributed by atoms with E-state index in [1.807, 2.05) is 54.6 Å². The quantitative estimate of drug-likeness (QED) is 0.298. The molecule has 0 aliphatic heterocycles. The Labute approximate surface area is 199 Å². The largest absolute Gasteiger partial charge is 0.598 e. The average molecular weight is 496 g/mol. The van der Waals surface area contributed by atoms with Gasteiger partial charge >= 0.3 is 5.97 Å². The van der Waals surface area contributed by atoms with Gasteiger partial charge in [0.1, 0.15) is 16.3 Å². The van der Waals surface area contributed by atoms with Gasteiger partial charge in [0.2, 0.25) is 7.37 Å². The third kappa shape index (κ3) is 8.80. The van der Waals surface area contributed by atoms with Crippen molar-refractivity contribution in [2.75, 3.05) is 13.3 Å². The van der Waals surface area contributed by atoms with Crippen molar-refractivity contribution in [1.82, 2.24) is 4.72 Å². The molecule has 0 aliphatic carbocycles. The van der Waals surface area contributed by atoms with Crippen molar-refractivity contribution in [2.24, 2.45) is 0 Å². The first kappa shape index (κ1) is 27.4. The zero-order valence-electron chi connectivity index (χ0n) is 19.7. The van der Waals surface area contributed by atoms with Crippen LogP contribution in [-0.4, -0.2) is 39.4 Å². The third-order valence-corrected chi connectivity index (χ3v) is 9.62. The van der Waals surface area contributed by atoms with Crippen LogP contribution in [0.2, 0.25) is 0 Å². The normalized spacial score (nSPS) is 15.4. The van der Waals surface area contributed by atoms with Gasteiger partial charge in [-0.1, -0.05) is 48.5 Å². The van der Waals surface area contributed by atoms with Crippen LogP contribution in [0, 0.1) is 0 Å². The summed E-state index contributed by atoms with van der Waals surface area (Å²) in [5.41, 5.74) is 1.72. The Morgan fingerprint density at radius 1 is 1.15 bits per heavy atom. The molecule has 0 fully saturated rings. The molecule has 182 valence electrons. The molecular formula is C24H34NO6PS. The maximum absolute atomic E-state index is 14.3. The molecule has 0 aromatic heterocycles. The first-order valence-corrected chi connectivity index (χ1v) is 13.9. The lowest BCUT2D eigenvalue weighted by Gasteiger charge is -2.32. The highest BCUT2D eigenvalue weighted by Gasteiger charge is 2.40. The van der Waals surface area contributed by atoms with E-state index in [1.54, 1.807) is 27.9 Å². The molecule has 0 amide bonds. The van der Waals surface area contributed by atoms with Crippen LogP contribution in [0.25, 0.3) is 0 Å². The van der Waals surface area contributed by atoms with Crippen LogP contribution in [0.5, 0.6) is 5.75 Å². The van der Waals surface area contributed by atoms with Crippen molar-refractivity contribution >= 4 is 24.7 Å². The lowest BCUT2D eigenvalue weighted by atomic mass is 10.1. The summed E-state index contributed by atoms with van der Waals surface area (Å²) in [7, 11) is -1.92. The second kappa shape index (κ2) is 12.6. The summed E-state index contributed by atoms with van der Waals surface area (Å²) >= 11 is -1.55. The minimum Gasteiger partial charge on any atom is -0.598 e. The van der Waals surface area contributed by atoms with Crippen LogP contribution in [0.1, 0.15) is 44.7 Å². The Morgan fingerprint density at radius 3 is 2.39 bits per heavy atom. The fourth-order valence-corrected chi connectivity index (χ4v) is 6.86. The summed E-state index contributed by atoms with van der Waals surface area (Å²) in [5.74, 6) is -1.20. The van der Waals surface area contributed by atoms with Crippen molar-refractivity contribution in [3.05, 3.63) is 65.7 Å². The highest BCUT2D eigenvalue weighted by molar-refractivity contribution is 7.91.